The number of carbonyl (C=O) groups is 2. The summed E-state index contributed by atoms with van der Waals surface area (Å²) in [5.74, 6) is 0.260. The lowest BCUT2D eigenvalue weighted by Gasteiger charge is -2.13. The van der Waals surface area contributed by atoms with E-state index in [1.807, 2.05) is 18.2 Å². The van der Waals surface area contributed by atoms with Gasteiger partial charge in [0.25, 0.3) is 11.1 Å². The molecule has 1 aliphatic heterocycles. The Labute approximate surface area is 232 Å². The predicted octanol–water partition coefficient (Wildman–Crippen LogP) is 8.99. The summed E-state index contributed by atoms with van der Waals surface area (Å²) in [7, 11) is 0. The Morgan fingerprint density at radius 3 is 2.18 bits per heavy atom. The first kappa shape index (κ1) is 25.6. The molecule has 0 aromatic heterocycles. The molecule has 2 amide bonds. The molecule has 0 N–H and O–H groups in total. The van der Waals surface area contributed by atoms with Crippen molar-refractivity contribution in [2.45, 2.75) is 13.2 Å². The number of hydrogen-bond acceptors (Lipinski definition) is 4. The molecule has 0 aliphatic carbocycles. The number of hydrogen-bond donors (Lipinski definition) is 0. The monoisotopic (exact) mass is 659 g/mol. The fraction of sp³-hybridized carbons (Fsp3) is 0.0833. The van der Waals surface area contributed by atoms with Crippen molar-refractivity contribution in [3.8, 4) is 5.75 Å². The van der Waals surface area contributed by atoms with Gasteiger partial charge in [0.1, 0.15) is 12.4 Å². The molecule has 1 heterocycles. The highest BCUT2D eigenvalue weighted by molar-refractivity contribution is 9.11. The van der Waals surface area contributed by atoms with Gasteiger partial charge in [-0.25, -0.2) is 0 Å². The summed E-state index contributed by atoms with van der Waals surface area (Å²) < 4.78 is 7.32. The molecule has 0 bridgehead atoms. The van der Waals surface area contributed by atoms with E-state index in [-0.39, 0.29) is 24.3 Å². The lowest BCUT2D eigenvalue weighted by atomic mass is 10.2. The van der Waals surface area contributed by atoms with Crippen LogP contribution in [-0.4, -0.2) is 16.0 Å². The standard InChI is InChI=1S/C24H14Br2Cl3NO3S/c25-17-7-15(8-18(26)22(17)33-12-14-3-6-19(28)20(29)9-14)10-21-23(31)30(24(32)34-21)11-13-1-4-16(27)5-2-13/h1-10H,11-12H2/b21-10-. The van der Waals surface area contributed by atoms with Gasteiger partial charge in [0.15, 0.2) is 0 Å². The van der Waals surface area contributed by atoms with E-state index in [4.69, 9.17) is 39.5 Å². The Morgan fingerprint density at radius 2 is 1.53 bits per heavy atom. The molecule has 0 saturated carbocycles. The molecular weight excluding hydrogens is 649 g/mol. The van der Waals surface area contributed by atoms with E-state index in [2.05, 4.69) is 31.9 Å². The Kier molecular flexibility index (Phi) is 8.33. The van der Waals surface area contributed by atoms with Crippen molar-refractivity contribution >= 4 is 95.6 Å². The highest BCUT2D eigenvalue weighted by Gasteiger charge is 2.35. The maximum absolute atomic E-state index is 12.9. The molecule has 0 unspecified atom stereocenters. The summed E-state index contributed by atoms with van der Waals surface area (Å²) in [6.45, 7) is 0.477. The number of imide groups is 1. The first-order valence-electron chi connectivity index (χ1n) is 9.77. The number of carbonyl (C=O) groups excluding carboxylic acids is 2. The first-order valence-corrected chi connectivity index (χ1v) is 13.3. The van der Waals surface area contributed by atoms with E-state index in [0.29, 0.717) is 34.7 Å². The van der Waals surface area contributed by atoms with E-state index >= 15 is 0 Å². The number of halogens is 5. The van der Waals surface area contributed by atoms with Gasteiger partial charge >= 0.3 is 0 Å². The number of rotatable bonds is 6. The smallest absolute Gasteiger partial charge is 0.293 e. The Bertz CT molecular complexity index is 1290. The molecule has 0 radical (unpaired) electrons. The van der Waals surface area contributed by atoms with Gasteiger partial charge in [0.05, 0.1) is 30.4 Å². The Balaban J connectivity index is 1.49. The highest BCUT2D eigenvalue weighted by Crippen LogP contribution is 2.38. The second-order valence-electron chi connectivity index (χ2n) is 7.25. The highest BCUT2D eigenvalue weighted by atomic mass is 79.9. The molecule has 1 aliphatic rings. The number of benzene rings is 3. The lowest BCUT2D eigenvalue weighted by molar-refractivity contribution is -0.123. The molecule has 34 heavy (non-hydrogen) atoms. The van der Waals surface area contributed by atoms with Crippen LogP contribution in [0.4, 0.5) is 4.79 Å². The van der Waals surface area contributed by atoms with Crippen LogP contribution >= 0.6 is 78.4 Å². The van der Waals surface area contributed by atoms with Gasteiger partial charge in [0.2, 0.25) is 0 Å². The summed E-state index contributed by atoms with van der Waals surface area (Å²) in [5, 5.41) is 1.22. The summed E-state index contributed by atoms with van der Waals surface area (Å²) in [6, 6.07) is 16.0. The molecule has 10 heteroatoms. The molecule has 3 aromatic carbocycles. The normalized spacial score (nSPS) is 14.9. The number of ether oxygens (including phenoxy) is 1. The second kappa shape index (κ2) is 11.1. The van der Waals surface area contributed by atoms with Crippen molar-refractivity contribution in [2.24, 2.45) is 0 Å². The van der Waals surface area contributed by atoms with Crippen molar-refractivity contribution in [3.63, 3.8) is 0 Å². The molecule has 1 fully saturated rings. The summed E-state index contributed by atoms with van der Waals surface area (Å²) in [5.41, 5.74) is 2.42. The zero-order valence-electron chi connectivity index (χ0n) is 17.2. The first-order chi connectivity index (χ1) is 16.2. The largest absolute Gasteiger partial charge is 0.487 e. The summed E-state index contributed by atoms with van der Waals surface area (Å²) in [6.07, 6.45) is 1.69. The van der Waals surface area contributed by atoms with Crippen LogP contribution in [0, 0.1) is 0 Å². The maximum atomic E-state index is 12.9. The van der Waals surface area contributed by atoms with Gasteiger partial charge in [-0.05, 0) is 103 Å². The van der Waals surface area contributed by atoms with Gasteiger partial charge in [0, 0.05) is 5.02 Å². The van der Waals surface area contributed by atoms with Crippen molar-refractivity contribution in [2.75, 3.05) is 0 Å². The van der Waals surface area contributed by atoms with Crippen LogP contribution in [0.2, 0.25) is 15.1 Å². The summed E-state index contributed by atoms with van der Waals surface area (Å²) in [4.78, 5) is 26.9. The quantitative estimate of drug-likeness (QED) is 0.247. The average Bonchev–Trinajstić information content (AvgIpc) is 3.04. The Hall–Kier alpha value is -1.48. The van der Waals surface area contributed by atoms with E-state index in [1.165, 1.54) is 4.90 Å². The van der Waals surface area contributed by atoms with Crippen LogP contribution in [0.1, 0.15) is 16.7 Å². The van der Waals surface area contributed by atoms with Crippen molar-refractivity contribution in [1.29, 1.82) is 0 Å². The third kappa shape index (κ3) is 6.01. The third-order valence-electron chi connectivity index (χ3n) is 4.81. The van der Waals surface area contributed by atoms with Crippen LogP contribution in [0.3, 0.4) is 0 Å². The van der Waals surface area contributed by atoms with Gasteiger partial charge in [-0.15, -0.1) is 0 Å². The van der Waals surface area contributed by atoms with Crippen molar-refractivity contribution in [3.05, 3.63) is 100 Å². The summed E-state index contributed by atoms with van der Waals surface area (Å²) >= 11 is 25.9. The van der Waals surface area contributed by atoms with E-state index in [9.17, 15) is 9.59 Å². The Morgan fingerprint density at radius 1 is 0.882 bits per heavy atom. The molecule has 0 spiro atoms. The molecule has 1 saturated heterocycles. The fourth-order valence-electron chi connectivity index (χ4n) is 3.15. The van der Waals surface area contributed by atoms with Gasteiger partial charge < -0.3 is 4.74 Å². The zero-order chi connectivity index (χ0) is 24.4. The van der Waals surface area contributed by atoms with Crippen LogP contribution in [0.5, 0.6) is 5.75 Å². The van der Waals surface area contributed by atoms with Gasteiger partial charge in [-0.1, -0.05) is 53.0 Å². The molecular formula is C24H14Br2Cl3NO3S. The van der Waals surface area contributed by atoms with E-state index < -0.39 is 0 Å². The maximum Gasteiger partial charge on any atom is 0.293 e. The van der Waals surface area contributed by atoms with E-state index in [0.717, 1.165) is 28.5 Å². The number of thioether (sulfide) groups is 1. The molecule has 4 nitrogen and oxygen atoms in total. The number of amides is 2. The van der Waals surface area contributed by atoms with Crippen molar-refractivity contribution in [1.82, 2.24) is 4.90 Å². The molecule has 174 valence electrons. The minimum atomic E-state index is -0.336. The van der Waals surface area contributed by atoms with E-state index in [1.54, 1.807) is 42.5 Å². The minimum Gasteiger partial charge on any atom is -0.487 e. The predicted molar refractivity (Wildman–Crippen MR) is 146 cm³/mol. The topological polar surface area (TPSA) is 46.6 Å². The van der Waals surface area contributed by atoms with Gasteiger partial charge in [-0.2, -0.15) is 0 Å². The molecule has 0 atom stereocenters. The fourth-order valence-corrected chi connectivity index (χ4v) is 5.88. The van der Waals surface area contributed by atoms with Crippen LogP contribution in [-0.2, 0) is 17.9 Å². The van der Waals surface area contributed by atoms with Crippen LogP contribution in [0.25, 0.3) is 6.08 Å². The average molecular weight is 663 g/mol. The zero-order valence-corrected chi connectivity index (χ0v) is 23.4. The molecule has 3 aromatic rings. The van der Waals surface area contributed by atoms with Crippen LogP contribution < -0.4 is 4.74 Å². The lowest BCUT2D eigenvalue weighted by Crippen LogP contribution is -2.27. The SMILES string of the molecule is O=C1S/C(=C\c2cc(Br)c(OCc3ccc(Cl)c(Cl)c3)c(Br)c2)C(=O)N1Cc1ccc(Cl)cc1. The number of nitrogens with zero attached hydrogens (tertiary/aromatic N) is 1. The van der Waals surface area contributed by atoms with Gasteiger partial charge in [-0.3, -0.25) is 14.5 Å². The molecule has 4 rings (SSSR count). The van der Waals surface area contributed by atoms with Crippen LogP contribution in [0.15, 0.2) is 68.4 Å². The van der Waals surface area contributed by atoms with Crippen molar-refractivity contribution < 1.29 is 14.3 Å². The third-order valence-corrected chi connectivity index (χ3v) is 7.89. The minimum absolute atomic E-state index is 0.189. The second-order valence-corrected chi connectivity index (χ2v) is 11.2.